The first-order valence-electron chi connectivity index (χ1n) is 8.87. The minimum absolute atomic E-state index is 0.108. The first-order valence-corrected chi connectivity index (χ1v) is 9.66. The monoisotopic (exact) mass is 446 g/mol. The van der Waals surface area contributed by atoms with Gasteiger partial charge in [-0.2, -0.15) is 13.2 Å². The summed E-state index contributed by atoms with van der Waals surface area (Å²) in [6, 6.07) is 2.18. The van der Waals surface area contributed by atoms with Crippen LogP contribution in [0.2, 0.25) is 0 Å². The molecule has 8 heteroatoms. The van der Waals surface area contributed by atoms with Gasteiger partial charge in [0, 0.05) is 29.2 Å². The number of nitrogens with zero attached hydrogens (tertiary/aromatic N) is 1. The van der Waals surface area contributed by atoms with Crippen LogP contribution in [0.1, 0.15) is 50.6 Å². The van der Waals surface area contributed by atoms with Gasteiger partial charge in [-0.25, -0.2) is 0 Å². The van der Waals surface area contributed by atoms with Gasteiger partial charge in [-0.05, 0) is 37.5 Å². The van der Waals surface area contributed by atoms with E-state index in [4.69, 9.17) is 4.74 Å². The molecule has 0 radical (unpaired) electrons. The van der Waals surface area contributed by atoms with Crippen molar-refractivity contribution < 1.29 is 22.7 Å². The van der Waals surface area contributed by atoms with Gasteiger partial charge >= 0.3 is 6.18 Å². The Labute approximate surface area is 165 Å². The van der Waals surface area contributed by atoms with Crippen LogP contribution in [0.5, 0.6) is 0 Å². The number of ether oxygens (including phenoxy) is 1. The second kappa shape index (κ2) is 10.5. The van der Waals surface area contributed by atoms with E-state index in [0.29, 0.717) is 13.0 Å². The molecule has 0 spiro atoms. The highest BCUT2D eigenvalue weighted by Gasteiger charge is 2.32. The van der Waals surface area contributed by atoms with Gasteiger partial charge < -0.3 is 10.1 Å². The summed E-state index contributed by atoms with van der Waals surface area (Å²) < 4.78 is 44.6. The van der Waals surface area contributed by atoms with E-state index in [2.05, 4.69) is 32.3 Å². The number of halogens is 4. The number of alkyl halides is 3. The highest BCUT2D eigenvalue weighted by Crippen LogP contribution is 2.28. The molecule has 0 fully saturated rings. The van der Waals surface area contributed by atoms with Crippen LogP contribution in [0.4, 0.5) is 18.9 Å². The van der Waals surface area contributed by atoms with Crippen molar-refractivity contribution in [2.45, 2.75) is 51.1 Å². The lowest BCUT2D eigenvalue weighted by Gasteiger charge is -2.12. The van der Waals surface area contributed by atoms with Crippen molar-refractivity contribution in [1.29, 1.82) is 0 Å². The predicted octanol–water partition coefficient (Wildman–Crippen LogP) is 5.96. The Balaban J connectivity index is 1.58. The summed E-state index contributed by atoms with van der Waals surface area (Å²) in [4.78, 5) is 15.1. The molecular weight excluding hydrogens is 425 g/mol. The first kappa shape index (κ1) is 21.5. The van der Waals surface area contributed by atoms with Crippen LogP contribution in [0.15, 0.2) is 40.7 Å². The zero-order valence-corrected chi connectivity index (χ0v) is 16.4. The molecule has 1 heterocycles. The standard InChI is InChI=1S/C19H22BrF3N2O2/c20-14-6-5-7-16(12-14)27-11-4-2-1-3-8-18(26)25-15-9-10-24-17(13-15)19(21,22)23/h6,9-10,12-13H,1-5,7-8,11H2,(H,24,25,26). The molecule has 0 unspecified atom stereocenters. The van der Waals surface area contributed by atoms with Crippen molar-refractivity contribution >= 4 is 27.5 Å². The Morgan fingerprint density at radius 3 is 2.78 bits per heavy atom. The SMILES string of the molecule is O=C(CCCCCCOC1=CC(Br)=CCC1)Nc1ccnc(C(F)(F)F)c1. The highest BCUT2D eigenvalue weighted by molar-refractivity contribution is 9.11. The first-order chi connectivity index (χ1) is 12.8. The number of amides is 1. The van der Waals surface area contributed by atoms with E-state index in [1.807, 2.05) is 6.08 Å². The number of rotatable bonds is 9. The van der Waals surface area contributed by atoms with E-state index < -0.39 is 11.9 Å². The van der Waals surface area contributed by atoms with Crippen LogP contribution in [0.25, 0.3) is 0 Å². The number of aromatic nitrogens is 1. The number of nitrogens with one attached hydrogen (secondary N) is 1. The molecule has 148 valence electrons. The number of unbranched alkanes of at least 4 members (excludes halogenated alkanes) is 3. The summed E-state index contributed by atoms with van der Waals surface area (Å²) in [5, 5.41) is 2.48. The van der Waals surface area contributed by atoms with Gasteiger partial charge in [0.25, 0.3) is 0 Å². The molecular formula is C19H22BrF3N2O2. The molecule has 1 N–H and O–H groups in total. The molecule has 1 amide bonds. The van der Waals surface area contributed by atoms with Gasteiger partial charge in [-0.15, -0.1) is 0 Å². The molecule has 1 aromatic heterocycles. The molecule has 2 rings (SSSR count). The molecule has 1 aromatic rings. The second-order valence-corrected chi connectivity index (χ2v) is 7.14. The maximum atomic E-state index is 12.6. The number of carbonyl (C=O) groups is 1. The molecule has 1 aliphatic carbocycles. The Morgan fingerprint density at radius 2 is 2.04 bits per heavy atom. The fourth-order valence-corrected chi connectivity index (χ4v) is 3.07. The normalized spacial score (nSPS) is 14.4. The van der Waals surface area contributed by atoms with Crippen molar-refractivity contribution in [1.82, 2.24) is 4.98 Å². The number of hydrogen-bond donors (Lipinski definition) is 1. The summed E-state index contributed by atoms with van der Waals surface area (Å²) >= 11 is 3.43. The molecule has 0 aromatic carbocycles. The van der Waals surface area contributed by atoms with Crippen LogP contribution in [-0.2, 0) is 15.7 Å². The molecule has 0 atom stereocenters. The summed E-state index contributed by atoms with van der Waals surface area (Å²) in [5.41, 5.74) is -0.910. The van der Waals surface area contributed by atoms with Gasteiger partial charge in [0.1, 0.15) is 5.69 Å². The third-order valence-corrected chi connectivity index (χ3v) is 4.50. The van der Waals surface area contributed by atoms with Gasteiger partial charge in [-0.1, -0.05) is 34.8 Å². The van der Waals surface area contributed by atoms with Crippen molar-refractivity contribution in [2.75, 3.05) is 11.9 Å². The minimum Gasteiger partial charge on any atom is -0.498 e. The quantitative estimate of drug-likeness (QED) is 0.475. The van der Waals surface area contributed by atoms with Crippen molar-refractivity contribution in [3.8, 4) is 0 Å². The van der Waals surface area contributed by atoms with E-state index in [1.54, 1.807) is 0 Å². The third-order valence-electron chi connectivity index (χ3n) is 3.95. The number of anilines is 1. The maximum absolute atomic E-state index is 12.6. The van der Waals surface area contributed by atoms with E-state index in [1.165, 1.54) is 6.07 Å². The van der Waals surface area contributed by atoms with Crippen LogP contribution in [0, 0.1) is 0 Å². The summed E-state index contributed by atoms with van der Waals surface area (Å²) in [7, 11) is 0. The van der Waals surface area contributed by atoms with Crippen LogP contribution in [0.3, 0.4) is 0 Å². The van der Waals surface area contributed by atoms with Crippen molar-refractivity contribution in [3.05, 3.63) is 46.4 Å². The van der Waals surface area contributed by atoms with Crippen LogP contribution in [-0.4, -0.2) is 17.5 Å². The van der Waals surface area contributed by atoms with Crippen LogP contribution < -0.4 is 5.32 Å². The van der Waals surface area contributed by atoms with E-state index >= 15 is 0 Å². The molecule has 1 aliphatic rings. The molecule has 0 saturated carbocycles. The largest absolute Gasteiger partial charge is 0.498 e. The number of hydrogen-bond acceptors (Lipinski definition) is 3. The maximum Gasteiger partial charge on any atom is 0.433 e. The molecule has 4 nitrogen and oxygen atoms in total. The number of allylic oxidation sites excluding steroid dienone is 4. The third kappa shape index (κ3) is 8.15. The lowest BCUT2D eigenvalue weighted by molar-refractivity contribution is -0.141. The molecule has 27 heavy (non-hydrogen) atoms. The van der Waals surface area contributed by atoms with Gasteiger partial charge in [0.05, 0.1) is 12.4 Å². The highest BCUT2D eigenvalue weighted by atomic mass is 79.9. The fraction of sp³-hybridized carbons (Fsp3) is 0.474. The second-order valence-electron chi connectivity index (χ2n) is 6.23. The number of carbonyl (C=O) groups excluding carboxylic acids is 1. The number of pyridine rings is 1. The molecule has 0 saturated heterocycles. The Hall–Kier alpha value is -1.83. The van der Waals surface area contributed by atoms with Gasteiger partial charge in [-0.3, -0.25) is 9.78 Å². The zero-order valence-electron chi connectivity index (χ0n) is 14.8. The van der Waals surface area contributed by atoms with Crippen molar-refractivity contribution in [3.63, 3.8) is 0 Å². The average molecular weight is 447 g/mol. The van der Waals surface area contributed by atoms with E-state index in [0.717, 1.165) is 54.6 Å². The minimum atomic E-state index is -4.52. The zero-order chi connectivity index (χ0) is 19.7. The summed E-state index contributed by atoms with van der Waals surface area (Å²) in [6.45, 7) is 0.648. The summed E-state index contributed by atoms with van der Waals surface area (Å²) in [6.07, 6.45) is 6.15. The lowest BCUT2D eigenvalue weighted by atomic mass is 10.1. The Bertz CT molecular complexity index is 702. The molecule has 0 bridgehead atoms. The smallest absolute Gasteiger partial charge is 0.433 e. The lowest BCUT2D eigenvalue weighted by Crippen LogP contribution is -2.13. The van der Waals surface area contributed by atoms with Crippen LogP contribution >= 0.6 is 15.9 Å². The van der Waals surface area contributed by atoms with Gasteiger partial charge in [0.2, 0.25) is 5.91 Å². The van der Waals surface area contributed by atoms with Gasteiger partial charge in [0.15, 0.2) is 0 Å². The summed E-state index contributed by atoms with van der Waals surface area (Å²) in [5.74, 6) is 0.689. The molecule has 0 aliphatic heterocycles. The fourth-order valence-electron chi connectivity index (χ4n) is 2.58. The average Bonchev–Trinajstić information content (AvgIpc) is 2.60. The van der Waals surface area contributed by atoms with Crippen molar-refractivity contribution in [2.24, 2.45) is 0 Å². The van der Waals surface area contributed by atoms with E-state index in [-0.39, 0.29) is 18.0 Å². The Morgan fingerprint density at radius 1 is 1.26 bits per heavy atom. The predicted molar refractivity (Wildman–Crippen MR) is 101 cm³/mol. The Kier molecular flexibility index (Phi) is 8.34. The van der Waals surface area contributed by atoms with E-state index in [9.17, 15) is 18.0 Å². The topological polar surface area (TPSA) is 51.2 Å².